The smallest absolute Gasteiger partial charge is 0.333 e. The Hall–Kier alpha value is -2.95. The zero-order valence-electron chi connectivity index (χ0n) is 14.7. The Morgan fingerprint density at radius 1 is 1.29 bits per heavy atom. The fourth-order valence-corrected chi connectivity index (χ4v) is 3.21. The molecule has 6 nitrogen and oxygen atoms in total. The fraction of sp³-hybridized carbons (Fsp3) is 0.100. The van der Waals surface area contributed by atoms with Crippen LogP contribution in [0.1, 0.15) is 5.56 Å². The summed E-state index contributed by atoms with van der Waals surface area (Å²) in [5.41, 5.74) is 1.11. The molecular weight excluding hydrogens is 448 g/mol. The van der Waals surface area contributed by atoms with E-state index < -0.39 is 11.9 Å². The van der Waals surface area contributed by atoms with Gasteiger partial charge in [0.05, 0.1) is 12.8 Å². The Balaban J connectivity index is 1.95. The summed E-state index contributed by atoms with van der Waals surface area (Å²) in [5.74, 6) is 2.78. The number of urea groups is 1. The summed E-state index contributed by atoms with van der Waals surface area (Å²) in [5, 5.41) is 2.99. The van der Waals surface area contributed by atoms with Gasteiger partial charge in [-0.15, -0.1) is 6.42 Å². The first-order valence-electron chi connectivity index (χ1n) is 8.01. The van der Waals surface area contributed by atoms with Crippen molar-refractivity contribution in [2.24, 2.45) is 0 Å². The van der Waals surface area contributed by atoms with E-state index in [0.29, 0.717) is 32.2 Å². The predicted octanol–water partition coefficient (Wildman–Crippen LogP) is 4.22. The third kappa shape index (κ3) is 3.98. The number of nitrogens with one attached hydrogen (secondary N) is 1. The van der Waals surface area contributed by atoms with Crippen molar-refractivity contribution < 1.29 is 19.1 Å². The third-order valence-corrected chi connectivity index (χ3v) is 4.76. The number of amides is 3. The first-order chi connectivity index (χ1) is 13.4. The standard InChI is InChI=1S/C20H14BrClN2O4/c1-3-7-28-18-11-15(21)12(9-17(18)27-2)8-16-19(25)24(20(26)23-16)14-6-4-5-13(22)10-14/h1,4-6,8-11H,7H2,2H3,(H,23,26)/b16-8+. The normalized spacial score (nSPS) is 14.8. The molecule has 0 atom stereocenters. The zero-order chi connectivity index (χ0) is 20.3. The van der Waals surface area contributed by atoms with Crippen molar-refractivity contribution in [2.75, 3.05) is 18.6 Å². The average molecular weight is 462 g/mol. The van der Waals surface area contributed by atoms with Crippen molar-refractivity contribution in [2.45, 2.75) is 0 Å². The zero-order valence-corrected chi connectivity index (χ0v) is 17.0. The lowest BCUT2D eigenvalue weighted by molar-refractivity contribution is -0.113. The lowest BCUT2D eigenvalue weighted by atomic mass is 10.1. The van der Waals surface area contributed by atoms with E-state index in [0.717, 1.165) is 4.90 Å². The van der Waals surface area contributed by atoms with Crippen LogP contribution in [-0.2, 0) is 4.79 Å². The number of anilines is 1. The van der Waals surface area contributed by atoms with Crippen molar-refractivity contribution >= 4 is 51.2 Å². The first-order valence-corrected chi connectivity index (χ1v) is 9.18. The maximum Gasteiger partial charge on any atom is 0.333 e. The number of benzene rings is 2. The topological polar surface area (TPSA) is 67.9 Å². The molecule has 0 bridgehead atoms. The number of carbonyl (C=O) groups is 2. The monoisotopic (exact) mass is 460 g/mol. The Labute approximate surface area is 175 Å². The quantitative estimate of drug-likeness (QED) is 0.411. The van der Waals surface area contributed by atoms with E-state index in [2.05, 4.69) is 27.2 Å². The molecule has 3 amide bonds. The summed E-state index contributed by atoms with van der Waals surface area (Å²) in [6.07, 6.45) is 6.76. The van der Waals surface area contributed by atoms with Crippen LogP contribution in [0.2, 0.25) is 5.02 Å². The van der Waals surface area contributed by atoms with Gasteiger partial charge in [-0.25, -0.2) is 9.69 Å². The van der Waals surface area contributed by atoms with Gasteiger partial charge < -0.3 is 14.8 Å². The molecule has 2 aromatic rings. The van der Waals surface area contributed by atoms with Crippen molar-refractivity contribution in [3.63, 3.8) is 0 Å². The molecule has 2 aromatic carbocycles. The van der Waals surface area contributed by atoms with Gasteiger partial charge in [0.25, 0.3) is 5.91 Å². The predicted molar refractivity (Wildman–Crippen MR) is 110 cm³/mol. The molecule has 1 saturated heterocycles. The lowest BCUT2D eigenvalue weighted by Gasteiger charge is -2.12. The minimum Gasteiger partial charge on any atom is -0.493 e. The molecule has 0 aliphatic carbocycles. The Kier molecular flexibility index (Phi) is 5.93. The van der Waals surface area contributed by atoms with Gasteiger partial charge in [-0.1, -0.05) is 39.5 Å². The highest BCUT2D eigenvalue weighted by Gasteiger charge is 2.35. The minimum absolute atomic E-state index is 0.0897. The summed E-state index contributed by atoms with van der Waals surface area (Å²) in [7, 11) is 1.49. The minimum atomic E-state index is -0.560. The summed E-state index contributed by atoms with van der Waals surface area (Å²) in [4.78, 5) is 26.1. The highest BCUT2D eigenvalue weighted by molar-refractivity contribution is 9.10. The molecule has 1 heterocycles. The van der Waals surface area contributed by atoms with Crippen LogP contribution in [0.25, 0.3) is 6.08 Å². The van der Waals surface area contributed by atoms with Crippen molar-refractivity contribution in [1.29, 1.82) is 0 Å². The fourth-order valence-electron chi connectivity index (χ4n) is 2.59. The van der Waals surface area contributed by atoms with Crippen LogP contribution in [0, 0.1) is 12.3 Å². The molecule has 0 spiro atoms. The van der Waals surface area contributed by atoms with E-state index in [1.54, 1.807) is 42.5 Å². The van der Waals surface area contributed by atoms with Crippen LogP contribution >= 0.6 is 27.5 Å². The van der Waals surface area contributed by atoms with Crippen molar-refractivity contribution in [3.8, 4) is 23.8 Å². The van der Waals surface area contributed by atoms with Gasteiger partial charge in [0.15, 0.2) is 11.5 Å². The van der Waals surface area contributed by atoms with E-state index in [1.807, 2.05) is 0 Å². The molecule has 1 aliphatic heterocycles. The second kappa shape index (κ2) is 8.38. The number of halogens is 2. The van der Waals surface area contributed by atoms with E-state index in [-0.39, 0.29) is 12.3 Å². The second-order valence-electron chi connectivity index (χ2n) is 5.63. The van der Waals surface area contributed by atoms with Crippen LogP contribution in [0.15, 0.2) is 46.6 Å². The maximum atomic E-state index is 12.7. The van der Waals surface area contributed by atoms with Gasteiger partial charge in [-0.3, -0.25) is 4.79 Å². The van der Waals surface area contributed by atoms with E-state index >= 15 is 0 Å². The van der Waals surface area contributed by atoms with Gasteiger partial charge >= 0.3 is 6.03 Å². The molecule has 3 rings (SSSR count). The molecule has 142 valence electrons. The number of hydrogen-bond donors (Lipinski definition) is 1. The maximum absolute atomic E-state index is 12.7. The van der Waals surface area contributed by atoms with E-state index in [1.165, 1.54) is 7.11 Å². The van der Waals surface area contributed by atoms with Crippen LogP contribution in [0.3, 0.4) is 0 Å². The van der Waals surface area contributed by atoms with Crippen molar-refractivity contribution in [3.05, 3.63) is 57.2 Å². The SMILES string of the molecule is C#CCOc1cc(Br)c(/C=C2/NC(=O)N(c3cccc(Cl)c3)C2=O)cc1OC. The first kappa shape index (κ1) is 19.8. The molecule has 1 aliphatic rings. The highest BCUT2D eigenvalue weighted by Crippen LogP contribution is 2.35. The number of methoxy groups -OCH3 is 1. The second-order valence-corrected chi connectivity index (χ2v) is 6.92. The highest BCUT2D eigenvalue weighted by atomic mass is 79.9. The number of carbonyl (C=O) groups excluding carboxylic acids is 2. The number of rotatable bonds is 5. The lowest BCUT2D eigenvalue weighted by Crippen LogP contribution is -2.30. The molecule has 28 heavy (non-hydrogen) atoms. The van der Waals surface area contributed by atoms with Crippen LogP contribution in [0.5, 0.6) is 11.5 Å². The van der Waals surface area contributed by atoms with E-state index in [9.17, 15) is 9.59 Å². The number of imide groups is 1. The summed E-state index contributed by atoms with van der Waals surface area (Å²) >= 11 is 9.39. The van der Waals surface area contributed by atoms with Crippen LogP contribution in [-0.4, -0.2) is 25.7 Å². The molecule has 1 fully saturated rings. The molecule has 0 saturated carbocycles. The van der Waals surface area contributed by atoms with Crippen LogP contribution in [0.4, 0.5) is 10.5 Å². The molecule has 8 heteroatoms. The number of ether oxygens (including phenoxy) is 2. The largest absolute Gasteiger partial charge is 0.493 e. The van der Waals surface area contributed by atoms with Gasteiger partial charge in [0.1, 0.15) is 12.3 Å². The number of nitrogens with zero attached hydrogens (tertiary/aromatic N) is 1. The Morgan fingerprint density at radius 2 is 2.07 bits per heavy atom. The molecular formula is C20H14BrClN2O4. The Morgan fingerprint density at radius 3 is 2.75 bits per heavy atom. The molecule has 1 N–H and O–H groups in total. The van der Waals surface area contributed by atoms with E-state index in [4.69, 9.17) is 27.5 Å². The third-order valence-electron chi connectivity index (χ3n) is 3.84. The number of terminal acetylenes is 1. The van der Waals surface area contributed by atoms with Crippen LogP contribution < -0.4 is 19.7 Å². The molecule has 0 radical (unpaired) electrons. The molecule has 0 unspecified atom stereocenters. The Bertz CT molecular complexity index is 1030. The van der Waals surface area contributed by atoms with Gasteiger partial charge in [0, 0.05) is 9.50 Å². The van der Waals surface area contributed by atoms with Gasteiger partial charge in [-0.2, -0.15) is 0 Å². The number of hydrogen-bond acceptors (Lipinski definition) is 4. The average Bonchev–Trinajstić information content (AvgIpc) is 2.95. The summed E-state index contributed by atoms with van der Waals surface area (Å²) in [6.45, 7) is 0.0897. The van der Waals surface area contributed by atoms with Gasteiger partial charge in [0.2, 0.25) is 0 Å². The van der Waals surface area contributed by atoms with Crippen molar-refractivity contribution in [1.82, 2.24) is 5.32 Å². The summed E-state index contributed by atoms with van der Waals surface area (Å²) < 4.78 is 11.4. The van der Waals surface area contributed by atoms with Gasteiger partial charge in [-0.05, 0) is 42.0 Å². The summed E-state index contributed by atoms with van der Waals surface area (Å²) in [6, 6.07) is 9.28. The molecule has 0 aromatic heterocycles.